The number of rotatable bonds is 4. The number of benzene rings is 2. The Kier molecular flexibility index (Phi) is 4.65. The van der Waals surface area contributed by atoms with Gasteiger partial charge in [-0.25, -0.2) is 9.67 Å². The third kappa shape index (κ3) is 3.64. The van der Waals surface area contributed by atoms with Crippen LogP contribution >= 0.6 is 0 Å². The third-order valence-corrected chi connectivity index (χ3v) is 5.94. The van der Waals surface area contributed by atoms with Crippen molar-refractivity contribution < 1.29 is 4.74 Å². The molecule has 0 saturated carbocycles. The molecule has 0 spiro atoms. The molecule has 6 rings (SSSR count). The molecule has 1 saturated heterocycles. The van der Waals surface area contributed by atoms with E-state index < -0.39 is 0 Å². The van der Waals surface area contributed by atoms with Crippen molar-refractivity contribution in [1.29, 1.82) is 0 Å². The normalized spacial score (nSPS) is 14.3. The summed E-state index contributed by atoms with van der Waals surface area (Å²) in [7, 11) is 3.83. The number of nitrogens with zero attached hydrogens (tertiary/aromatic N) is 8. The highest BCUT2D eigenvalue weighted by atomic mass is 16.5. The number of hydrogen-bond donors (Lipinski definition) is 1. The second-order valence-electron chi connectivity index (χ2n) is 8.12. The molecule has 0 bridgehead atoms. The number of hydrogen-bond acceptors (Lipinski definition) is 8. The lowest BCUT2D eigenvalue weighted by Gasteiger charge is -2.27. The summed E-state index contributed by atoms with van der Waals surface area (Å²) in [6.07, 6.45) is 1.87. The summed E-state index contributed by atoms with van der Waals surface area (Å²) in [6, 6.07) is 14.2. The lowest BCUT2D eigenvalue weighted by Crippen LogP contribution is -2.37. The Hall–Kier alpha value is -4.05. The number of aryl methyl sites for hydroxylation is 2. The second-order valence-corrected chi connectivity index (χ2v) is 8.12. The van der Waals surface area contributed by atoms with E-state index in [1.54, 1.807) is 4.68 Å². The summed E-state index contributed by atoms with van der Waals surface area (Å²) in [5, 5.41) is 17.2. The van der Waals surface area contributed by atoms with Crippen molar-refractivity contribution in [2.75, 3.05) is 36.5 Å². The first kappa shape index (κ1) is 19.6. The van der Waals surface area contributed by atoms with Crippen LogP contribution in [0.25, 0.3) is 33.2 Å². The Balaban J connectivity index is 1.42. The molecule has 10 nitrogen and oxygen atoms in total. The maximum Gasteiger partial charge on any atom is 0.228 e. The van der Waals surface area contributed by atoms with Crippen LogP contribution in [-0.2, 0) is 18.8 Å². The Morgan fingerprint density at radius 1 is 0.909 bits per heavy atom. The molecule has 1 aliphatic rings. The van der Waals surface area contributed by atoms with Crippen molar-refractivity contribution in [3.05, 3.63) is 48.7 Å². The molecule has 0 amide bonds. The van der Waals surface area contributed by atoms with E-state index in [0.29, 0.717) is 19.2 Å². The Labute approximate surface area is 189 Å². The van der Waals surface area contributed by atoms with Gasteiger partial charge in [0.1, 0.15) is 11.3 Å². The first-order valence-electron chi connectivity index (χ1n) is 10.8. The maximum atomic E-state index is 5.52. The number of nitrogens with one attached hydrogen (secondary N) is 1. The summed E-state index contributed by atoms with van der Waals surface area (Å²) in [6.45, 7) is 2.85. The fourth-order valence-corrected chi connectivity index (χ4v) is 4.12. The van der Waals surface area contributed by atoms with Crippen LogP contribution < -0.4 is 10.2 Å². The minimum Gasteiger partial charge on any atom is -0.378 e. The zero-order valence-corrected chi connectivity index (χ0v) is 18.4. The molecule has 33 heavy (non-hydrogen) atoms. The topological polar surface area (TPSA) is 98.8 Å². The van der Waals surface area contributed by atoms with Gasteiger partial charge in [0.25, 0.3) is 0 Å². The van der Waals surface area contributed by atoms with Crippen molar-refractivity contribution >= 4 is 39.4 Å². The van der Waals surface area contributed by atoms with Gasteiger partial charge in [-0.3, -0.25) is 4.68 Å². The van der Waals surface area contributed by atoms with Crippen LogP contribution in [0.15, 0.2) is 48.7 Å². The van der Waals surface area contributed by atoms with Gasteiger partial charge in [0.15, 0.2) is 0 Å². The van der Waals surface area contributed by atoms with E-state index in [1.165, 1.54) is 0 Å². The number of fused-ring (bicyclic) bond motifs is 2. The second kappa shape index (κ2) is 7.82. The fourth-order valence-electron chi connectivity index (χ4n) is 4.12. The van der Waals surface area contributed by atoms with Crippen molar-refractivity contribution in [3.63, 3.8) is 0 Å². The molecule has 0 aliphatic carbocycles. The first-order chi connectivity index (χ1) is 16.1. The quantitative estimate of drug-likeness (QED) is 0.455. The average molecular weight is 441 g/mol. The molecule has 0 unspecified atom stereocenters. The molecule has 166 valence electrons. The maximum absolute atomic E-state index is 5.52. The monoisotopic (exact) mass is 441 g/mol. The molecule has 0 radical (unpaired) electrons. The molecule has 1 fully saturated rings. The largest absolute Gasteiger partial charge is 0.378 e. The predicted octanol–water partition coefficient (Wildman–Crippen LogP) is 2.89. The van der Waals surface area contributed by atoms with E-state index in [4.69, 9.17) is 14.7 Å². The molecule has 1 aliphatic heterocycles. The van der Waals surface area contributed by atoms with Crippen LogP contribution in [0.5, 0.6) is 0 Å². The Morgan fingerprint density at radius 2 is 1.79 bits per heavy atom. The summed E-state index contributed by atoms with van der Waals surface area (Å²) in [4.78, 5) is 11.9. The van der Waals surface area contributed by atoms with Crippen molar-refractivity contribution in [2.24, 2.45) is 14.1 Å². The number of aromatic nitrogens is 7. The van der Waals surface area contributed by atoms with E-state index in [9.17, 15) is 0 Å². The number of anilines is 3. The third-order valence-electron chi connectivity index (χ3n) is 5.94. The lowest BCUT2D eigenvalue weighted by atomic mass is 10.1. The summed E-state index contributed by atoms with van der Waals surface area (Å²) >= 11 is 0. The molecular formula is C23H23N9O. The zero-order chi connectivity index (χ0) is 22.4. The molecular weight excluding hydrogens is 418 g/mol. The smallest absolute Gasteiger partial charge is 0.228 e. The van der Waals surface area contributed by atoms with Crippen molar-refractivity contribution in [3.8, 4) is 11.3 Å². The van der Waals surface area contributed by atoms with E-state index in [0.717, 1.165) is 57.8 Å². The van der Waals surface area contributed by atoms with Crippen LogP contribution in [0.2, 0.25) is 0 Å². The summed E-state index contributed by atoms with van der Waals surface area (Å²) in [5.41, 5.74) is 5.60. The molecule has 10 heteroatoms. The minimum absolute atomic E-state index is 0.667. The fraction of sp³-hybridized carbons (Fsp3) is 0.261. The van der Waals surface area contributed by atoms with Crippen LogP contribution in [0.4, 0.5) is 17.5 Å². The van der Waals surface area contributed by atoms with Gasteiger partial charge in [0, 0.05) is 49.9 Å². The van der Waals surface area contributed by atoms with Gasteiger partial charge in [-0.15, -0.1) is 5.10 Å². The summed E-state index contributed by atoms with van der Waals surface area (Å²) in [5.74, 6) is 1.40. The van der Waals surface area contributed by atoms with E-state index in [1.807, 2.05) is 49.2 Å². The zero-order valence-electron chi connectivity index (χ0n) is 18.4. The van der Waals surface area contributed by atoms with Gasteiger partial charge < -0.3 is 15.0 Å². The van der Waals surface area contributed by atoms with Crippen LogP contribution in [-0.4, -0.2) is 61.0 Å². The molecule has 3 aromatic heterocycles. The highest BCUT2D eigenvalue weighted by Crippen LogP contribution is 2.28. The van der Waals surface area contributed by atoms with E-state index >= 15 is 0 Å². The van der Waals surface area contributed by atoms with Crippen LogP contribution in [0.1, 0.15) is 0 Å². The molecule has 1 N–H and O–H groups in total. The highest BCUT2D eigenvalue weighted by Gasteiger charge is 2.17. The van der Waals surface area contributed by atoms with Crippen LogP contribution in [0, 0.1) is 0 Å². The Morgan fingerprint density at radius 3 is 2.67 bits per heavy atom. The van der Waals surface area contributed by atoms with Gasteiger partial charge in [0.05, 0.1) is 36.1 Å². The standard InChI is InChI=1S/C23H23N9O/c1-30-21-11-15(3-4-16(21)14-24-30)18-13-22(27-23(26-18)32-7-9-33-10-8-32)25-17-5-6-20-19(12-17)28-29-31(20)2/h3-6,11-14H,7-10H2,1-2H3,(H,25,26,27). The van der Waals surface area contributed by atoms with Gasteiger partial charge in [-0.05, 0) is 24.3 Å². The van der Waals surface area contributed by atoms with E-state index in [2.05, 4.69) is 43.8 Å². The Bertz CT molecular complexity index is 1470. The average Bonchev–Trinajstić information content (AvgIpc) is 3.41. The molecule has 4 heterocycles. The SMILES string of the molecule is Cn1ncc2ccc(-c3cc(Nc4ccc5c(c4)nnn5C)nc(N4CCOCC4)n3)cc21. The first-order valence-corrected chi connectivity index (χ1v) is 10.8. The number of ether oxygens (including phenoxy) is 1. The lowest BCUT2D eigenvalue weighted by molar-refractivity contribution is 0.122. The van der Waals surface area contributed by atoms with Gasteiger partial charge >= 0.3 is 0 Å². The summed E-state index contributed by atoms with van der Waals surface area (Å²) < 4.78 is 9.15. The molecule has 2 aromatic carbocycles. The molecule has 5 aromatic rings. The molecule has 0 atom stereocenters. The highest BCUT2D eigenvalue weighted by molar-refractivity contribution is 5.84. The number of morpholine rings is 1. The van der Waals surface area contributed by atoms with Gasteiger partial charge in [-0.1, -0.05) is 17.3 Å². The van der Waals surface area contributed by atoms with Gasteiger partial charge in [-0.2, -0.15) is 10.1 Å². The van der Waals surface area contributed by atoms with Crippen molar-refractivity contribution in [1.82, 2.24) is 34.7 Å². The van der Waals surface area contributed by atoms with Gasteiger partial charge in [0.2, 0.25) is 5.95 Å². The minimum atomic E-state index is 0.667. The van der Waals surface area contributed by atoms with Crippen molar-refractivity contribution in [2.45, 2.75) is 0 Å². The van der Waals surface area contributed by atoms with Crippen LogP contribution in [0.3, 0.4) is 0 Å². The van der Waals surface area contributed by atoms with E-state index in [-0.39, 0.29) is 0 Å². The predicted molar refractivity (Wildman–Crippen MR) is 127 cm³/mol.